The van der Waals surface area contributed by atoms with Crippen LogP contribution in [-0.2, 0) is 20.5 Å². The fraction of sp³-hybridized carbons (Fsp3) is 0.944. The van der Waals surface area contributed by atoms with Gasteiger partial charge < -0.3 is 4.74 Å². The number of hydrogen-bond acceptors (Lipinski definition) is 3. The zero-order chi connectivity index (χ0) is 17.7. The van der Waals surface area contributed by atoms with Gasteiger partial charge in [0.1, 0.15) is 6.04 Å². The molecule has 0 rings (SSSR count). The molecule has 0 unspecified atom stereocenters. The van der Waals surface area contributed by atoms with Crippen LogP contribution in [0.2, 0.25) is 0 Å². The predicted octanol–water partition coefficient (Wildman–Crippen LogP) is 4.36. The van der Waals surface area contributed by atoms with E-state index < -0.39 is 17.0 Å². The number of rotatable bonds is 13. The van der Waals surface area contributed by atoms with Gasteiger partial charge in [-0.1, -0.05) is 72.6 Å². The fourth-order valence-corrected chi connectivity index (χ4v) is 3.66. The summed E-state index contributed by atoms with van der Waals surface area (Å²) in [4.78, 5) is 12.0. The summed E-state index contributed by atoms with van der Waals surface area (Å²) in [5, 5.41) is 0. The van der Waals surface area contributed by atoms with Crippen molar-refractivity contribution in [3.63, 3.8) is 0 Å². The van der Waals surface area contributed by atoms with Crippen molar-refractivity contribution in [2.45, 2.75) is 92.0 Å². The lowest BCUT2D eigenvalue weighted by molar-refractivity contribution is -0.147. The molecule has 0 aromatic carbocycles. The normalized spacial score (nSPS) is 14.5. The maximum Gasteiger partial charge on any atom is 0.324 e. The molecule has 23 heavy (non-hydrogen) atoms. The minimum Gasteiger partial charge on any atom is -0.465 e. The summed E-state index contributed by atoms with van der Waals surface area (Å²) in [5.41, 5.74) is -0.318. The minimum atomic E-state index is -1.18. The lowest BCUT2D eigenvalue weighted by Crippen LogP contribution is -2.48. The summed E-state index contributed by atoms with van der Waals surface area (Å²) in [5.74, 6) is 0.283. The van der Waals surface area contributed by atoms with Crippen LogP contribution >= 0.6 is 0 Å². The van der Waals surface area contributed by atoms with Gasteiger partial charge in [-0.05, 0) is 18.8 Å². The molecule has 0 bridgehead atoms. The molecule has 4 nitrogen and oxygen atoms in total. The molecule has 2 atom stereocenters. The summed E-state index contributed by atoms with van der Waals surface area (Å²) in [6.45, 7) is 10.2. The first kappa shape index (κ1) is 22.6. The van der Waals surface area contributed by atoms with Crippen molar-refractivity contribution >= 4 is 17.0 Å². The highest BCUT2D eigenvalue weighted by Crippen LogP contribution is 2.21. The van der Waals surface area contributed by atoms with E-state index in [9.17, 15) is 9.00 Å². The first-order valence-electron chi connectivity index (χ1n) is 9.14. The van der Waals surface area contributed by atoms with Crippen molar-refractivity contribution in [2.24, 2.45) is 5.41 Å². The molecule has 5 heteroatoms. The summed E-state index contributed by atoms with van der Waals surface area (Å²) in [6.07, 6.45) is 9.78. The molecule has 0 saturated carbocycles. The topological polar surface area (TPSA) is 55.4 Å². The van der Waals surface area contributed by atoms with Crippen molar-refractivity contribution in [1.82, 2.24) is 4.72 Å². The summed E-state index contributed by atoms with van der Waals surface area (Å²) in [7, 11) is -1.18. The lowest BCUT2D eigenvalue weighted by Gasteiger charge is -2.28. The Morgan fingerprint density at radius 3 is 2.00 bits per heavy atom. The Bertz CT molecular complexity index is 340. The third-order valence-corrected chi connectivity index (χ3v) is 4.98. The molecule has 0 saturated heterocycles. The van der Waals surface area contributed by atoms with Crippen molar-refractivity contribution in [3.8, 4) is 0 Å². The molecular weight excluding hydrogens is 310 g/mol. The molecule has 0 amide bonds. The Morgan fingerprint density at radius 2 is 1.52 bits per heavy atom. The second-order valence-corrected chi connectivity index (χ2v) is 8.53. The van der Waals surface area contributed by atoms with Crippen molar-refractivity contribution < 1.29 is 13.7 Å². The lowest BCUT2D eigenvalue weighted by atomic mass is 9.87. The number of esters is 1. The molecule has 0 aromatic rings. The monoisotopic (exact) mass is 347 g/mol. The van der Waals surface area contributed by atoms with Gasteiger partial charge in [0.05, 0.1) is 17.6 Å². The van der Waals surface area contributed by atoms with E-state index in [1.807, 2.05) is 20.8 Å². The molecule has 0 radical (unpaired) electrons. The highest BCUT2D eigenvalue weighted by atomic mass is 32.2. The van der Waals surface area contributed by atoms with Gasteiger partial charge in [-0.25, -0.2) is 8.93 Å². The fourth-order valence-electron chi connectivity index (χ4n) is 2.36. The van der Waals surface area contributed by atoms with Crippen LogP contribution in [0.25, 0.3) is 0 Å². The van der Waals surface area contributed by atoms with Gasteiger partial charge in [0, 0.05) is 5.75 Å². The first-order chi connectivity index (χ1) is 10.8. The van der Waals surface area contributed by atoms with Crippen molar-refractivity contribution in [1.29, 1.82) is 0 Å². The smallest absolute Gasteiger partial charge is 0.324 e. The number of unbranched alkanes of at least 4 members (excludes halogenated alkanes) is 7. The quantitative estimate of drug-likeness (QED) is 0.398. The second kappa shape index (κ2) is 12.9. The average Bonchev–Trinajstić information content (AvgIpc) is 2.46. The van der Waals surface area contributed by atoms with Gasteiger partial charge in [-0.2, -0.15) is 0 Å². The van der Waals surface area contributed by atoms with Crippen LogP contribution in [0.15, 0.2) is 0 Å². The van der Waals surface area contributed by atoms with Crippen LogP contribution in [-0.4, -0.2) is 28.6 Å². The Kier molecular flexibility index (Phi) is 12.7. The zero-order valence-electron chi connectivity index (χ0n) is 15.8. The summed E-state index contributed by atoms with van der Waals surface area (Å²) < 4.78 is 20.2. The van der Waals surface area contributed by atoms with E-state index in [0.717, 1.165) is 12.8 Å². The Morgan fingerprint density at radius 1 is 1.00 bits per heavy atom. The third kappa shape index (κ3) is 11.7. The van der Waals surface area contributed by atoms with Gasteiger partial charge in [0.15, 0.2) is 0 Å². The number of hydrogen-bond donors (Lipinski definition) is 1. The first-order valence-corrected chi connectivity index (χ1v) is 10.5. The maximum atomic E-state index is 12.2. The summed E-state index contributed by atoms with van der Waals surface area (Å²) in [6, 6.07) is -0.530. The summed E-state index contributed by atoms with van der Waals surface area (Å²) >= 11 is 0. The molecule has 0 aliphatic carbocycles. The number of carbonyl (C=O) groups excluding carboxylic acids is 1. The number of ether oxygens (including phenoxy) is 1. The van der Waals surface area contributed by atoms with E-state index in [2.05, 4.69) is 11.6 Å². The Balaban J connectivity index is 3.98. The second-order valence-electron chi connectivity index (χ2n) is 7.19. The molecule has 0 aromatic heterocycles. The van der Waals surface area contributed by atoms with E-state index in [1.54, 1.807) is 6.92 Å². The molecule has 0 heterocycles. The standard InChI is InChI=1S/C18H37NO3S/c1-6-8-9-10-11-12-13-14-15-23(21)19-16(18(3,4)5)17(20)22-7-2/h16,19H,6-15H2,1-5H3/t16-,23+/m1/s1. The maximum absolute atomic E-state index is 12.2. The van der Waals surface area contributed by atoms with Crippen LogP contribution < -0.4 is 4.72 Å². The molecule has 138 valence electrons. The third-order valence-electron chi connectivity index (χ3n) is 3.82. The molecule has 1 N–H and O–H groups in total. The minimum absolute atomic E-state index is 0.315. The zero-order valence-corrected chi connectivity index (χ0v) is 16.6. The van der Waals surface area contributed by atoms with Gasteiger partial charge >= 0.3 is 5.97 Å². The van der Waals surface area contributed by atoms with Crippen LogP contribution in [0.5, 0.6) is 0 Å². The molecule has 0 aliphatic heterocycles. The predicted molar refractivity (Wildman–Crippen MR) is 98.6 cm³/mol. The van der Waals surface area contributed by atoms with Crippen LogP contribution in [0.4, 0.5) is 0 Å². The molecule has 0 spiro atoms. The van der Waals surface area contributed by atoms with Crippen LogP contribution in [0.1, 0.15) is 86.0 Å². The van der Waals surface area contributed by atoms with Crippen LogP contribution in [0, 0.1) is 5.41 Å². The average molecular weight is 348 g/mol. The molecule has 0 aliphatic rings. The number of nitrogens with one attached hydrogen (secondary N) is 1. The number of carbonyl (C=O) groups is 1. The van der Waals surface area contributed by atoms with Gasteiger partial charge in [0.25, 0.3) is 0 Å². The van der Waals surface area contributed by atoms with E-state index in [1.165, 1.54) is 38.5 Å². The van der Waals surface area contributed by atoms with Gasteiger partial charge in [0.2, 0.25) is 0 Å². The van der Waals surface area contributed by atoms with E-state index in [-0.39, 0.29) is 11.4 Å². The van der Waals surface area contributed by atoms with Gasteiger partial charge in [-0.3, -0.25) is 4.79 Å². The van der Waals surface area contributed by atoms with E-state index in [4.69, 9.17) is 4.74 Å². The van der Waals surface area contributed by atoms with Gasteiger partial charge in [-0.15, -0.1) is 0 Å². The molecule has 0 fully saturated rings. The largest absolute Gasteiger partial charge is 0.465 e. The molecular formula is C18H37NO3S. The Labute approximate surface area is 145 Å². The highest BCUT2D eigenvalue weighted by molar-refractivity contribution is 7.83. The van der Waals surface area contributed by atoms with Crippen molar-refractivity contribution in [2.75, 3.05) is 12.4 Å². The highest BCUT2D eigenvalue weighted by Gasteiger charge is 2.33. The van der Waals surface area contributed by atoms with Crippen molar-refractivity contribution in [3.05, 3.63) is 0 Å². The Hall–Kier alpha value is -0.420. The van der Waals surface area contributed by atoms with E-state index in [0.29, 0.717) is 12.4 Å². The SMILES string of the molecule is CCCCCCCCCC[S@](=O)N[C@H](C(=O)OCC)C(C)(C)C. The van der Waals surface area contributed by atoms with E-state index >= 15 is 0 Å². The van der Waals surface area contributed by atoms with Crippen LogP contribution in [0.3, 0.4) is 0 Å².